The zero-order valence-electron chi connectivity index (χ0n) is 23.9. The molecule has 1 unspecified atom stereocenters. The molecular formula is C31H40N2O8. The molecule has 2 N–H and O–H groups in total. The minimum absolute atomic E-state index is 0.0197. The molecule has 1 spiro atoms. The highest BCUT2D eigenvalue weighted by Gasteiger charge is 2.43. The van der Waals surface area contributed by atoms with Gasteiger partial charge in [-0.05, 0) is 30.2 Å². The molecule has 5 atom stereocenters. The maximum Gasteiger partial charge on any atom is 0.303 e. The Morgan fingerprint density at radius 2 is 1.78 bits per heavy atom. The van der Waals surface area contributed by atoms with Gasteiger partial charge in [-0.3, -0.25) is 9.59 Å². The molecule has 5 rings (SSSR count). The Labute approximate surface area is 240 Å². The number of piperidine rings is 1. The standard InChI is InChI=1S/C31H40N2O8/c1-20-27(18-33-13-11-31(12-14-33)37-15-16-38-31)40-30(41-28(20)24-9-7-23(19-34)8-10-24)25-5-4-6-26(17-25)32-29(36)21(2)39-22(3)35/h4-10,17,20-21,27-28,30,34H,11-16,18-19H2,1-3H3,(H,32,36)/t20-,21-,27+,28+,30?/m0/s1. The molecule has 222 valence electrons. The highest BCUT2D eigenvalue weighted by atomic mass is 16.7. The Kier molecular flexibility index (Phi) is 9.38. The average molecular weight is 569 g/mol. The van der Waals surface area contributed by atoms with E-state index in [4.69, 9.17) is 23.7 Å². The van der Waals surface area contributed by atoms with Crippen LogP contribution in [-0.4, -0.2) is 72.7 Å². The molecule has 0 bridgehead atoms. The molecule has 2 aromatic carbocycles. The van der Waals surface area contributed by atoms with Crippen LogP contribution in [-0.2, 0) is 39.9 Å². The molecule has 3 heterocycles. The first-order valence-corrected chi connectivity index (χ1v) is 14.3. The minimum Gasteiger partial charge on any atom is -0.453 e. The molecule has 10 heteroatoms. The minimum atomic E-state index is -0.918. The molecule has 0 saturated carbocycles. The fraction of sp³-hybridized carbons (Fsp3) is 0.548. The lowest BCUT2D eigenvalue weighted by molar-refractivity contribution is -0.278. The number of amides is 1. The van der Waals surface area contributed by atoms with Gasteiger partial charge < -0.3 is 39.0 Å². The molecule has 0 radical (unpaired) electrons. The zero-order valence-corrected chi connectivity index (χ0v) is 23.9. The molecule has 0 aromatic heterocycles. The normalized spacial score (nSPS) is 26.9. The Bertz CT molecular complexity index is 1190. The predicted molar refractivity (Wildman–Crippen MR) is 150 cm³/mol. The van der Waals surface area contributed by atoms with Crippen molar-refractivity contribution in [3.05, 3.63) is 65.2 Å². The number of esters is 1. The van der Waals surface area contributed by atoms with Crippen LogP contribution in [0.25, 0.3) is 0 Å². The quantitative estimate of drug-likeness (QED) is 0.460. The SMILES string of the molecule is CC(=O)O[C@@H](C)C(=O)Nc1cccc(C2O[C@H](CN3CCC4(CC3)OCCO4)[C@H](C)[C@H](c3ccc(CO)cc3)O2)c1. The monoisotopic (exact) mass is 568 g/mol. The summed E-state index contributed by atoms with van der Waals surface area (Å²) in [7, 11) is 0. The lowest BCUT2D eigenvalue weighted by atomic mass is 9.89. The fourth-order valence-electron chi connectivity index (χ4n) is 5.75. The van der Waals surface area contributed by atoms with Crippen molar-refractivity contribution in [2.75, 3.05) is 38.2 Å². The van der Waals surface area contributed by atoms with Crippen LogP contribution in [0.2, 0.25) is 0 Å². The highest BCUT2D eigenvalue weighted by molar-refractivity contribution is 5.95. The fourth-order valence-corrected chi connectivity index (χ4v) is 5.75. The predicted octanol–water partition coefficient (Wildman–Crippen LogP) is 3.70. The summed E-state index contributed by atoms with van der Waals surface area (Å²) < 4.78 is 30.0. The van der Waals surface area contributed by atoms with Crippen LogP contribution < -0.4 is 5.32 Å². The van der Waals surface area contributed by atoms with Gasteiger partial charge in [-0.25, -0.2) is 0 Å². The molecular weight excluding hydrogens is 528 g/mol. The lowest BCUT2D eigenvalue weighted by Crippen LogP contribution is -2.50. The number of aliphatic hydroxyl groups is 1. The summed E-state index contributed by atoms with van der Waals surface area (Å²) in [5, 5.41) is 12.3. The Morgan fingerprint density at radius 3 is 2.44 bits per heavy atom. The summed E-state index contributed by atoms with van der Waals surface area (Å²) >= 11 is 0. The zero-order chi connectivity index (χ0) is 29.0. The van der Waals surface area contributed by atoms with Gasteiger partial charge in [0.15, 0.2) is 18.2 Å². The highest BCUT2D eigenvalue weighted by Crippen LogP contribution is 2.42. The van der Waals surface area contributed by atoms with Gasteiger partial charge in [0.2, 0.25) is 0 Å². The maximum absolute atomic E-state index is 12.5. The smallest absolute Gasteiger partial charge is 0.303 e. The maximum atomic E-state index is 12.5. The number of benzene rings is 2. The van der Waals surface area contributed by atoms with Crippen molar-refractivity contribution in [1.29, 1.82) is 0 Å². The van der Waals surface area contributed by atoms with Crippen LogP contribution in [0.15, 0.2) is 48.5 Å². The molecule has 3 aliphatic rings. The number of hydrogen-bond acceptors (Lipinski definition) is 9. The van der Waals surface area contributed by atoms with Crippen LogP contribution in [0.1, 0.15) is 62.7 Å². The van der Waals surface area contributed by atoms with Crippen molar-refractivity contribution in [3.63, 3.8) is 0 Å². The first-order chi connectivity index (χ1) is 19.7. The van der Waals surface area contributed by atoms with E-state index < -0.39 is 30.1 Å². The summed E-state index contributed by atoms with van der Waals surface area (Å²) in [6.45, 7) is 8.68. The molecule has 3 fully saturated rings. The van der Waals surface area contributed by atoms with Crippen LogP contribution in [0.5, 0.6) is 0 Å². The molecule has 3 aliphatic heterocycles. The van der Waals surface area contributed by atoms with E-state index in [0.29, 0.717) is 18.9 Å². The topological polar surface area (TPSA) is 116 Å². The first-order valence-electron chi connectivity index (χ1n) is 14.3. The third-order valence-electron chi connectivity index (χ3n) is 8.13. The third kappa shape index (κ3) is 7.14. The number of carbonyl (C=O) groups is 2. The van der Waals surface area contributed by atoms with Gasteiger partial charge in [-0.1, -0.05) is 43.3 Å². The van der Waals surface area contributed by atoms with Crippen LogP contribution >= 0.6 is 0 Å². The first kappa shape index (κ1) is 29.6. The lowest BCUT2D eigenvalue weighted by Gasteiger charge is -2.44. The Balaban J connectivity index is 1.33. The van der Waals surface area contributed by atoms with E-state index in [1.807, 2.05) is 42.5 Å². The van der Waals surface area contributed by atoms with E-state index in [2.05, 4.69) is 17.1 Å². The number of nitrogens with zero attached hydrogens (tertiary/aromatic N) is 1. The number of likely N-dealkylation sites (tertiary alicyclic amines) is 1. The molecule has 2 aromatic rings. The Morgan fingerprint density at radius 1 is 1.07 bits per heavy atom. The van der Waals surface area contributed by atoms with Gasteiger partial charge in [-0.2, -0.15) is 0 Å². The van der Waals surface area contributed by atoms with Crippen molar-refractivity contribution >= 4 is 17.6 Å². The summed E-state index contributed by atoms with van der Waals surface area (Å²) in [5.74, 6) is -1.32. The van der Waals surface area contributed by atoms with E-state index in [0.717, 1.165) is 49.2 Å². The van der Waals surface area contributed by atoms with E-state index in [9.17, 15) is 14.7 Å². The second-order valence-electron chi connectivity index (χ2n) is 11.1. The summed E-state index contributed by atoms with van der Waals surface area (Å²) in [6.07, 6.45) is -0.303. The second-order valence-corrected chi connectivity index (χ2v) is 11.1. The number of nitrogens with one attached hydrogen (secondary N) is 1. The van der Waals surface area contributed by atoms with Gasteiger partial charge in [0.25, 0.3) is 5.91 Å². The van der Waals surface area contributed by atoms with Crippen molar-refractivity contribution in [2.24, 2.45) is 5.92 Å². The van der Waals surface area contributed by atoms with E-state index in [1.54, 1.807) is 6.07 Å². The Hall–Kier alpha value is -2.86. The van der Waals surface area contributed by atoms with Gasteiger partial charge >= 0.3 is 5.97 Å². The third-order valence-corrected chi connectivity index (χ3v) is 8.13. The number of ether oxygens (including phenoxy) is 5. The van der Waals surface area contributed by atoms with E-state index in [1.165, 1.54) is 13.8 Å². The molecule has 0 aliphatic carbocycles. The second kappa shape index (κ2) is 13.0. The average Bonchev–Trinajstić information content (AvgIpc) is 3.43. The number of aliphatic hydroxyl groups excluding tert-OH is 1. The van der Waals surface area contributed by atoms with Gasteiger partial charge in [0.05, 0.1) is 32.0 Å². The van der Waals surface area contributed by atoms with E-state index in [-0.39, 0.29) is 24.7 Å². The van der Waals surface area contributed by atoms with Crippen LogP contribution in [0.3, 0.4) is 0 Å². The number of anilines is 1. The van der Waals surface area contributed by atoms with Crippen molar-refractivity contribution in [3.8, 4) is 0 Å². The summed E-state index contributed by atoms with van der Waals surface area (Å²) in [4.78, 5) is 26.2. The largest absolute Gasteiger partial charge is 0.453 e. The molecule has 10 nitrogen and oxygen atoms in total. The van der Waals surface area contributed by atoms with Crippen molar-refractivity contribution in [2.45, 2.75) is 70.6 Å². The van der Waals surface area contributed by atoms with Crippen molar-refractivity contribution in [1.82, 2.24) is 4.90 Å². The number of hydrogen-bond donors (Lipinski definition) is 2. The summed E-state index contributed by atoms with van der Waals surface area (Å²) in [5.41, 5.74) is 3.17. The van der Waals surface area contributed by atoms with Gasteiger partial charge in [0, 0.05) is 56.6 Å². The number of rotatable bonds is 8. The van der Waals surface area contributed by atoms with E-state index >= 15 is 0 Å². The molecule has 41 heavy (non-hydrogen) atoms. The van der Waals surface area contributed by atoms with Crippen LogP contribution in [0, 0.1) is 5.92 Å². The summed E-state index contributed by atoms with van der Waals surface area (Å²) in [6, 6.07) is 15.2. The van der Waals surface area contributed by atoms with Gasteiger partial charge in [0.1, 0.15) is 0 Å². The van der Waals surface area contributed by atoms with Gasteiger partial charge in [-0.15, -0.1) is 0 Å². The van der Waals surface area contributed by atoms with Crippen molar-refractivity contribution < 1.29 is 38.4 Å². The molecule has 3 saturated heterocycles. The number of carbonyl (C=O) groups excluding carboxylic acids is 2. The molecule has 1 amide bonds. The van der Waals surface area contributed by atoms with Crippen LogP contribution in [0.4, 0.5) is 5.69 Å².